The van der Waals surface area contributed by atoms with E-state index in [0.29, 0.717) is 54.4 Å². The Morgan fingerprint density at radius 2 is 1.78 bits per heavy atom. The third kappa shape index (κ3) is 10.5. The molecule has 0 bridgehead atoms. The second-order valence-corrected chi connectivity index (χ2v) is 13.3. The molecule has 8 nitrogen and oxygen atoms in total. The molecule has 51 heavy (non-hydrogen) atoms. The molecule has 2 fully saturated rings. The lowest BCUT2D eigenvalue weighted by Crippen LogP contribution is -2.48. The molecule has 1 unspecified atom stereocenters. The molecule has 2 aromatic carbocycles. The third-order valence-corrected chi connectivity index (χ3v) is 9.22. The smallest absolute Gasteiger partial charge is 0.393 e. The van der Waals surface area contributed by atoms with Gasteiger partial charge in [0.15, 0.2) is 0 Å². The number of likely N-dealkylation sites (N-methyl/N-ethyl adjacent to an activating group) is 1. The fraction of sp³-hybridized carbons (Fsp3) is 0.410. The van der Waals surface area contributed by atoms with Crippen LogP contribution in [0.2, 0.25) is 0 Å². The molecule has 1 atom stereocenters. The number of allylic oxidation sites excluding steroid dienone is 1. The minimum atomic E-state index is -4.56. The number of aromatic nitrogens is 1. The highest BCUT2D eigenvalue weighted by molar-refractivity contribution is 6.02. The number of carbonyl (C=O) groups excluding carboxylic acids is 1. The minimum absolute atomic E-state index is 0.0128. The Bertz CT molecular complexity index is 1700. The van der Waals surface area contributed by atoms with E-state index in [1.807, 2.05) is 0 Å². The number of hydrogen-bond donors (Lipinski definition) is 3. The van der Waals surface area contributed by atoms with Crippen LogP contribution < -0.4 is 15.4 Å². The first kappa shape index (κ1) is 37.7. The zero-order chi connectivity index (χ0) is 36.4. The summed E-state index contributed by atoms with van der Waals surface area (Å²) in [5.74, 6) is -1.01. The van der Waals surface area contributed by atoms with Crippen molar-refractivity contribution in [2.45, 2.75) is 69.3 Å². The van der Waals surface area contributed by atoms with Gasteiger partial charge in [0.2, 0.25) is 17.8 Å². The normalized spacial score (nSPS) is 18.0. The van der Waals surface area contributed by atoms with Crippen LogP contribution in [0, 0.1) is 5.41 Å². The molecule has 1 aliphatic heterocycles. The van der Waals surface area contributed by atoms with Crippen molar-refractivity contribution in [1.82, 2.24) is 15.2 Å². The van der Waals surface area contributed by atoms with Gasteiger partial charge in [-0.2, -0.15) is 17.6 Å². The van der Waals surface area contributed by atoms with Crippen LogP contribution in [0.3, 0.4) is 0 Å². The van der Waals surface area contributed by atoms with Gasteiger partial charge in [0.1, 0.15) is 12.8 Å². The molecule has 272 valence electrons. The number of nitrogens with one attached hydrogen (secondary N) is 3. The van der Waals surface area contributed by atoms with E-state index in [1.54, 1.807) is 74.8 Å². The molecule has 1 aliphatic carbocycles. The van der Waals surface area contributed by atoms with Gasteiger partial charge in [0.05, 0.1) is 17.5 Å². The number of nitrogens with zero attached hydrogens (tertiary/aromatic N) is 2. The number of ether oxygens (including phenoxy) is 2. The van der Waals surface area contributed by atoms with Crippen LogP contribution in [0.15, 0.2) is 79.0 Å². The highest BCUT2D eigenvalue weighted by Crippen LogP contribution is 2.40. The maximum absolute atomic E-state index is 14.8. The number of anilines is 1. The first-order valence-electron chi connectivity index (χ1n) is 17.3. The molecule has 2 heterocycles. The summed E-state index contributed by atoms with van der Waals surface area (Å²) >= 11 is 0. The number of alkyl halides is 3. The van der Waals surface area contributed by atoms with Crippen molar-refractivity contribution in [2.75, 3.05) is 39.2 Å². The fourth-order valence-electron chi connectivity index (χ4n) is 6.56. The van der Waals surface area contributed by atoms with Crippen LogP contribution in [-0.2, 0) is 9.53 Å². The monoisotopic (exact) mass is 707 g/mol. The van der Waals surface area contributed by atoms with Crippen LogP contribution in [0.1, 0.15) is 73.6 Å². The summed E-state index contributed by atoms with van der Waals surface area (Å²) in [4.78, 5) is 17.9. The Hall–Kier alpha value is -4.55. The van der Waals surface area contributed by atoms with Crippen LogP contribution in [0.4, 0.5) is 23.2 Å². The standard InChI is InChI=1S/C39H45F4N5O3/c1-48(2)35(49)14-10-21-46-38(19-7-8-20-38)26-51-33-18-16-29(25-45-33)36(31(24-39(41,42)43)27-11-4-3-5-12-27)28-15-17-32(30(23-28)37(40)44)47-34-13-6-9-22-50-34/h3-5,10-12,14-18,23,25,34,44,46-47H,6-9,13,19-22,24,26H2,1-2H3/b14-10+,36-31-,44-37?. The van der Waals surface area contributed by atoms with Crippen molar-refractivity contribution in [1.29, 1.82) is 5.41 Å². The Morgan fingerprint density at radius 1 is 1.04 bits per heavy atom. The molecule has 2 aliphatic rings. The molecule has 0 spiro atoms. The average Bonchev–Trinajstić information content (AvgIpc) is 3.59. The number of pyridine rings is 1. The van der Waals surface area contributed by atoms with E-state index < -0.39 is 18.6 Å². The summed E-state index contributed by atoms with van der Waals surface area (Å²) in [6, 6.07) is 16.2. The molecule has 5 rings (SSSR count). The minimum Gasteiger partial charge on any atom is -0.476 e. The number of hydrogen-bond acceptors (Lipinski definition) is 7. The molecule has 1 saturated carbocycles. The number of rotatable bonds is 14. The molecule has 3 aromatic rings. The lowest BCUT2D eigenvalue weighted by molar-refractivity contribution is -0.124. The van der Waals surface area contributed by atoms with Gasteiger partial charge in [0, 0.05) is 56.8 Å². The van der Waals surface area contributed by atoms with Crippen molar-refractivity contribution in [3.8, 4) is 5.88 Å². The van der Waals surface area contributed by atoms with Gasteiger partial charge in [0.25, 0.3) is 0 Å². The van der Waals surface area contributed by atoms with E-state index >= 15 is 0 Å². The van der Waals surface area contributed by atoms with Crippen LogP contribution in [-0.4, -0.2) is 73.6 Å². The van der Waals surface area contributed by atoms with Crippen LogP contribution in [0.25, 0.3) is 11.1 Å². The lowest BCUT2D eigenvalue weighted by atomic mass is 9.87. The first-order valence-corrected chi connectivity index (χ1v) is 17.3. The summed E-state index contributed by atoms with van der Waals surface area (Å²) in [7, 11) is 3.38. The molecule has 1 saturated heterocycles. The third-order valence-electron chi connectivity index (χ3n) is 9.22. The van der Waals surface area contributed by atoms with Gasteiger partial charge >= 0.3 is 6.18 Å². The summed E-state index contributed by atoms with van der Waals surface area (Å²) < 4.78 is 69.4. The van der Waals surface area contributed by atoms with E-state index in [1.165, 1.54) is 23.2 Å². The van der Waals surface area contributed by atoms with Crippen LogP contribution >= 0.6 is 0 Å². The maximum atomic E-state index is 14.8. The Balaban J connectivity index is 1.47. The lowest BCUT2D eigenvalue weighted by Gasteiger charge is -2.29. The SMILES string of the molecule is CN(C)C(=O)/C=C/CNC1(COc2ccc(/C(=C(/CC(F)(F)F)c3ccccc3)c3ccc(NC4CCCCO4)c(C(=N)F)c3)cn2)CCCC1. The predicted molar refractivity (Wildman–Crippen MR) is 191 cm³/mol. The van der Waals surface area contributed by atoms with Gasteiger partial charge < -0.3 is 25.0 Å². The van der Waals surface area contributed by atoms with Crippen LogP contribution in [0.5, 0.6) is 5.88 Å². The van der Waals surface area contributed by atoms with Crippen molar-refractivity contribution < 1.29 is 31.8 Å². The molecule has 12 heteroatoms. The molecule has 1 aromatic heterocycles. The van der Waals surface area contributed by atoms with Crippen molar-refractivity contribution in [3.05, 3.63) is 101 Å². The Morgan fingerprint density at radius 3 is 2.41 bits per heavy atom. The Labute approximate surface area is 296 Å². The first-order chi connectivity index (χ1) is 24.4. The topological polar surface area (TPSA) is 99.6 Å². The summed E-state index contributed by atoms with van der Waals surface area (Å²) in [5, 5.41) is 14.6. The molecule has 3 N–H and O–H groups in total. The van der Waals surface area contributed by atoms with E-state index in [0.717, 1.165) is 38.5 Å². The summed E-state index contributed by atoms with van der Waals surface area (Å²) in [5.41, 5.74) is 1.17. The summed E-state index contributed by atoms with van der Waals surface area (Å²) in [6.07, 6.45) is 5.01. The largest absolute Gasteiger partial charge is 0.476 e. The van der Waals surface area contributed by atoms with Gasteiger partial charge in [-0.25, -0.2) is 4.98 Å². The van der Waals surface area contributed by atoms with Gasteiger partial charge in [-0.1, -0.05) is 55.3 Å². The highest BCUT2D eigenvalue weighted by Gasteiger charge is 2.34. The number of benzene rings is 2. The van der Waals surface area contributed by atoms with E-state index in [-0.39, 0.29) is 34.4 Å². The van der Waals surface area contributed by atoms with E-state index in [9.17, 15) is 22.4 Å². The highest BCUT2D eigenvalue weighted by atomic mass is 19.4. The van der Waals surface area contributed by atoms with Gasteiger partial charge in [-0.05, 0) is 72.6 Å². The summed E-state index contributed by atoms with van der Waals surface area (Å²) in [6.45, 7) is 1.37. The van der Waals surface area contributed by atoms with E-state index in [2.05, 4.69) is 15.6 Å². The van der Waals surface area contributed by atoms with Gasteiger partial charge in [-0.15, -0.1) is 0 Å². The zero-order valence-electron chi connectivity index (χ0n) is 29.0. The second kappa shape index (κ2) is 17.1. The quantitative estimate of drug-likeness (QED) is 0.0677. The van der Waals surface area contributed by atoms with Crippen molar-refractivity contribution in [2.24, 2.45) is 0 Å². The number of halogens is 4. The van der Waals surface area contributed by atoms with E-state index in [4.69, 9.17) is 14.9 Å². The number of amides is 1. The second-order valence-electron chi connectivity index (χ2n) is 13.3. The average molecular weight is 708 g/mol. The van der Waals surface area contributed by atoms with Crippen molar-refractivity contribution >= 4 is 28.7 Å². The fourth-order valence-corrected chi connectivity index (χ4v) is 6.56. The number of carbonyl (C=O) groups is 1. The maximum Gasteiger partial charge on any atom is 0.393 e. The molecular weight excluding hydrogens is 662 g/mol. The Kier molecular flexibility index (Phi) is 12.6. The predicted octanol–water partition coefficient (Wildman–Crippen LogP) is 8.15. The zero-order valence-corrected chi connectivity index (χ0v) is 29.0. The molecular formula is C39H45F4N5O3. The molecule has 0 radical (unpaired) electrons. The molecule has 1 amide bonds. The van der Waals surface area contributed by atoms with Gasteiger partial charge in [-0.3, -0.25) is 10.2 Å². The van der Waals surface area contributed by atoms with Crippen molar-refractivity contribution in [3.63, 3.8) is 0 Å².